The molecule has 0 N–H and O–H groups in total. The summed E-state index contributed by atoms with van der Waals surface area (Å²) in [4.78, 5) is 20.5. The van der Waals surface area contributed by atoms with E-state index in [2.05, 4.69) is 0 Å². The Labute approximate surface area is 104 Å². The molecule has 0 unspecified atom stereocenters. The third-order valence-corrected chi connectivity index (χ3v) is 3.73. The molecule has 0 bridgehead atoms. The van der Waals surface area contributed by atoms with Gasteiger partial charge in [-0.15, -0.1) is 0 Å². The molecule has 0 aromatic heterocycles. The van der Waals surface area contributed by atoms with Crippen molar-refractivity contribution in [2.24, 2.45) is 0 Å². The zero-order valence-electron chi connectivity index (χ0n) is 10.1. The van der Waals surface area contributed by atoms with Crippen molar-refractivity contribution in [3.05, 3.63) is 44.0 Å². The number of hydrogen-bond acceptors (Lipinski definition) is 4. The molecule has 0 radical (unpaired) electrons. The number of non-ortho nitro benzene ring substituents is 2. The molecule has 6 heteroatoms. The molecule has 1 aromatic carbocycles. The van der Waals surface area contributed by atoms with E-state index in [9.17, 15) is 20.2 Å². The molecule has 0 saturated heterocycles. The van der Waals surface area contributed by atoms with Gasteiger partial charge >= 0.3 is 0 Å². The van der Waals surface area contributed by atoms with Gasteiger partial charge in [-0.05, 0) is 23.8 Å². The predicted molar refractivity (Wildman–Crippen MR) is 65.6 cm³/mol. The van der Waals surface area contributed by atoms with E-state index < -0.39 is 9.85 Å². The molecule has 0 spiro atoms. The number of nitro benzene ring substituents is 2. The van der Waals surface area contributed by atoms with Crippen molar-refractivity contribution in [1.82, 2.24) is 0 Å². The summed E-state index contributed by atoms with van der Waals surface area (Å²) in [7, 11) is 0. The number of rotatable bonds is 3. The molecule has 1 saturated carbocycles. The van der Waals surface area contributed by atoms with E-state index in [0.29, 0.717) is 5.56 Å². The molecule has 1 fully saturated rings. The maximum absolute atomic E-state index is 10.8. The zero-order chi connectivity index (χ0) is 13.3. The lowest BCUT2D eigenvalue weighted by Gasteiger charge is -2.23. The smallest absolute Gasteiger partial charge is 0.258 e. The summed E-state index contributed by atoms with van der Waals surface area (Å²) in [5.41, 5.74) is 0.136. The van der Waals surface area contributed by atoms with Gasteiger partial charge in [-0.2, -0.15) is 0 Å². The normalized spacial score (nSPS) is 17.6. The highest BCUT2D eigenvalue weighted by molar-refractivity contribution is 5.49. The Hall–Kier alpha value is -1.98. The molecule has 2 rings (SSSR count). The molecular weight excluding hydrogens is 236 g/mol. The number of nitrogens with zero attached hydrogens (tertiary/aromatic N) is 2. The van der Waals surface area contributed by atoms with Gasteiger partial charge in [-0.25, -0.2) is 0 Å². The minimum absolute atomic E-state index is 0.170. The van der Waals surface area contributed by atoms with E-state index in [1.807, 2.05) is 6.92 Å². The topological polar surface area (TPSA) is 86.3 Å². The predicted octanol–water partition coefficient (Wildman–Crippen LogP) is 3.33. The van der Waals surface area contributed by atoms with Crippen LogP contribution in [0.15, 0.2) is 18.2 Å². The largest absolute Gasteiger partial charge is 0.276 e. The second kappa shape index (κ2) is 4.36. The van der Waals surface area contributed by atoms with Gasteiger partial charge in [0.2, 0.25) is 0 Å². The first-order valence-electron chi connectivity index (χ1n) is 5.87. The van der Waals surface area contributed by atoms with E-state index in [1.165, 1.54) is 12.1 Å². The summed E-state index contributed by atoms with van der Waals surface area (Å²) in [5, 5.41) is 21.7. The first-order valence-corrected chi connectivity index (χ1v) is 5.87. The molecule has 96 valence electrons. The highest BCUT2D eigenvalue weighted by atomic mass is 16.6. The molecule has 0 aliphatic heterocycles. The molecule has 1 aromatic rings. The number of benzene rings is 1. The molecule has 6 nitrogen and oxygen atoms in total. The highest BCUT2D eigenvalue weighted by Gasteiger charge is 2.33. The summed E-state index contributed by atoms with van der Waals surface area (Å²) in [6.07, 6.45) is 3.97. The van der Waals surface area contributed by atoms with Gasteiger partial charge in [0.1, 0.15) is 0 Å². The summed E-state index contributed by atoms with van der Waals surface area (Å²) < 4.78 is 0. The molecular formula is C12H14N2O4. The van der Waals surface area contributed by atoms with Crippen molar-refractivity contribution < 1.29 is 9.85 Å². The summed E-state index contributed by atoms with van der Waals surface area (Å²) >= 11 is 0. The van der Waals surface area contributed by atoms with Crippen LogP contribution in [0.2, 0.25) is 0 Å². The Morgan fingerprint density at radius 3 is 1.83 bits per heavy atom. The fraction of sp³-hybridized carbons (Fsp3) is 0.500. The van der Waals surface area contributed by atoms with Crippen LogP contribution in [0.1, 0.15) is 38.2 Å². The third-order valence-electron chi connectivity index (χ3n) is 3.73. The van der Waals surface area contributed by atoms with Crippen molar-refractivity contribution >= 4 is 11.4 Å². The molecule has 0 heterocycles. The second-order valence-electron chi connectivity index (χ2n) is 5.02. The van der Waals surface area contributed by atoms with Crippen LogP contribution in [-0.4, -0.2) is 9.85 Å². The van der Waals surface area contributed by atoms with Gasteiger partial charge in [-0.3, -0.25) is 20.2 Å². The van der Waals surface area contributed by atoms with Crippen LogP contribution in [0.25, 0.3) is 0 Å². The summed E-state index contributed by atoms with van der Waals surface area (Å²) in [5.74, 6) is 0. The maximum Gasteiger partial charge on any atom is 0.276 e. The van der Waals surface area contributed by atoms with E-state index in [1.54, 1.807) is 0 Å². The minimum Gasteiger partial charge on any atom is -0.258 e. The van der Waals surface area contributed by atoms with Crippen LogP contribution >= 0.6 is 0 Å². The zero-order valence-corrected chi connectivity index (χ0v) is 10.1. The Balaban J connectivity index is 2.52. The van der Waals surface area contributed by atoms with Gasteiger partial charge in [-0.1, -0.05) is 19.8 Å². The van der Waals surface area contributed by atoms with Crippen LogP contribution in [0, 0.1) is 20.2 Å². The van der Waals surface area contributed by atoms with Crippen LogP contribution in [0.5, 0.6) is 0 Å². The Kier molecular flexibility index (Phi) is 3.02. The third kappa shape index (κ3) is 2.18. The Morgan fingerprint density at radius 1 is 1.00 bits per heavy atom. The Bertz CT molecular complexity index is 475. The lowest BCUT2D eigenvalue weighted by molar-refractivity contribution is -0.394. The summed E-state index contributed by atoms with van der Waals surface area (Å²) in [6, 6.07) is 3.96. The van der Waals surface area contributed by atoms with Gasteiger partial charge < -0.3 is 0 Å². The fourth-order valence-corrected chi connectivity index (χ4v) is 2.60. The minimum atomic E-state index is -0.575. The highest BCUT2D eigenvalue weighted by Crippen LogP contribution is 2.42. The fourth-order valence-electron chi connectivity index (χ4n) is 2.60. The number of nitro groups is 2. The molecule has 0 atom stereocenters. The average Bonchev–Trinajstić information content (AvgIpc) is 2.77. The lowest BCUT2D eigenvalue weighted by Crippen LogP contribution is -2.17. The average molecular weight is 250 g/mol. The van der Waals surface area contributed by atoms with Gasteiger partial charge in [0.05, 0.1) is 15.9 Å². The molecule has 0 amide bonds. The van der Waals surface area contributed by atoms with Crippen LogP contribution in [-0.2, 0) is 5.41 Å². The van der Waals surface area contributed by atoms with E-state index in [4.69, 9.17) is 0 Å². The first kappa shape index (κ1) is 12.5. The number of hydrogen-bond donors (Lipinski definition) is 0. The Morgan fingerprint density at radius 2 is 1.44 bits per heavy atom. The van der Waals surface area contributed by atoms with Crippen molar-refractivity contribution in [3.63, 3.8) is 0 Å². The quantitative estimate of drug-likeness (QED) is 0.608. The molecule has 18 heavy (non-hydrogen) atoms. The van der Waals surface area contributed by atoms with Gasteiger partial charge in [0, 0.05) is 12.1 Å². The van der Waals surface area contributed by atoms with E-state index in [-0.39, 0.29) is 16.8 Å². The molecule has 1 aliphatic rings. The lowest BCUT2D eigenvalue weighted by atomic mass is 9.80. The van der Waals surface area contributed by atoms with Gasteiger partial charge in [0.15, 0.2) is 0 Å². The van der Waals surface area contributed by atoms with Crippen LogP contribution in [0.3, 0.4) is 0 Å². The maximum atomic E-state index is 10.8. The SMILES string of the molecule is CC1(c2cc([N+](=O)[O-])cc([N+](=O)[O-])c2)CCCC1. The second-order valence-corrected chi connectivity index (χ2v) is 5.02. The molecule has 1 aliphatic carbocycles. The van der Waals surface area contributed by atoms with Crippen molar-refractivity contribution in [3.8, 4) is 0 Å². The van der Waals surface area contributed by atoms with Crippen LogP contribution < -0.4 is 0 Å². The van der Waals surface area contributed by atoms with Crippen LogP contribution in [0.4, 0.5) is 11.4 Å². The van der Waals surface area contributed by atoms with E-state index in [0.717, 1.165) is 31.7 Å². The van der Waals surface area contributed by atoms with Crippen molar-refractivity contribution in [1.29, 1.82) is 0 Å². The monoisotopic (exact) mass is 250 g/mol. The summed E-state index contributed by atoms with van der Waals surface area (Å²) in [6.45, 7) is 2.02. The standard InChI is InChI=1S/C12H14N2O4/c1-12(4-2-3-5-12)9-6-10(13(15)16)8-11(7-9)14(17)18/h6-8H,2-5H2,1H3. The van der Waals surface area contributed by atoms with E-state index >= 15 is 0 Å². The van der Waals surface area contributed by atoms with Crippen molar-refractivity contribution in [2.45, 2.75) is 38.0 Å². The van der Waals surface area contributed by atoms with Crippen molar-refractivity contribution in [2.75, 3.05) is 0 Å². The van der Waals surface area contributed by atoms with Gasteiger partial charge in [0.25, 0.3) is 11.4 Å². The first-order chi connectivity index (χ1) is 8.42.